The van der Waals surface area contributed by atoms with Crippen LogP contribution in [0, 0.1) is 0 Å². The summed E-state index contributed by atoms with van der Waals surface area (Å²) in [7, 11) is 0. The van der Waals surface area contributed by atoms with Crippen molar-refractivity contribution >= 4 is 18.1 Å². The molecule has 1 aromatic rings. The molecular formula is C11H12N2O4. The van der Waals surface area contributed by atoms with E-state index in [1.807, 2.05) is 6.07 Å². The minimum Gasteiger partial charge on any atom is -0.474 e. The lowest BCUT2D eigenvalue weighted by atomic mass is 10.2. The molecule has 0 bridgehead atoms. The maximum Gasteiger partial charge on any atom is 0.396 e. The molecule has 1 rings (SSSR count). The number of carboxylic acids is 1. The highest BCUT2D eigenvalue weighted by Gasteiger charge is 2.19. The molecule has 0 unspecified atom stereocenters. The Hall–Kier alpha value is -2.21. The zero-order chi connectivity index (χ0) is 12.7. The van der Waals surface area contributed by atoms with Gasteiger partial charge in [-0.1, -0.05) is 30.3 Å². The van der Waals surface area contributed by atoms with Crippen LogP contribution >= 0.6 is 0 Å². The number of aliphatic hydroxyl groups is 1. The van der Waals surface area contributed by atoms with Crippen LogP contribution in [0.15, 0.2) is 35.4 Å². The standard InChI is InChI=1S/C11H12N2O4/c14-7-6-13(10(15)11(16)17)12-8-9-4-2-1-3-5-9/h1-5,8,14H,6-7H2,(H,16,17)/b12-8+. The number of hydrogen-bond donors (Lipinski definition) is 2. The second kappa shape index (κ2) is 6.39. The van der Waals surface area contributed by atoms with Crippen molar-refractivity contribution in [2.24, 2.45) is 5.10 Å². The van der Waals surface area contributed by atoms with Gasteiger partial charge >= 0.3 is 11.9 Å². The predicted octanol–water partition coefficient (Wildman–Crippen LogP) is -0.0740. The minimum absolute atomic E-state index is 0.158. The largest absolute Gasteiger partial charge is 0.474 e. The first-order chi connectivity index (χ1) is 8.15. The lowest BCUT2D eigenvalue weighted by Crippen LogP contribution is -2.34. The Balaban J connectivity index is 2.76. The van der Waals surface area contributed by atoms with Crippen molar-refractivity contribution in [2.75, 3.05) is 13.2 Å². The highest BCUT2D eigenvalue weighted by Crippen LogP contribution is 1.97. The van der Waals surface area contributed by atoms with Crippen LogP contribution in [0.5, 0.6) is 0 Å². The first-order valence-corrected chi connectivity index (χ1v) is 4.90. The van der Waals surface area contributed by atoms with Gasteiger partial charge in [-0.2, -0.15) is 5.10 Å². The first kappa shape index (κ1) is 12.9. The van der Waals surface area contributed by atoms with Crippen LogP contribution in [0.2, 0.25) is 0 Å². The van der Waals surface area contributed by atoms with Gasteiger partial charge in [-0.15, -0.1) is 0 Å². The Bertz CT molecular complexity index is 417. The number of carboxylic acid groups (broad SMARTS) is 1. The smallest absolute Gasteiger partial charge is 0.396 e. The van der Waals surface area contributed by atoms with Crippen molar-refractivity contribution < 1.29 is 19.8 Å². The zero-order valence-electron chi connectivity index (χ0n) is 8.98. The van der Waals surface area contributed by atoms with E-state index >= 15 is 0 Å². The van der Waals surface area contributed by atoms with Crippen LogP contribution in [0.3, 0.4) is 0 Å². The summed E-state index contributed by atoms with van der Waals surface area (Å²) in [5.41, 5.74) is 0.730. The van der Waals surface area contributed by atoms with Gasteiger partial charge in [0, 0.05) is 0 Å². The molecule has 0 fully saturated rings. The van der Waals surface area contributed by atoms with E-state index in [0.29, 0.717) is 5.01 Å². The lowest BCUT2D eigenvalue weighted by Gasteiger charge is -2.12. The summed E-state index contributed by atoms with van der Waals surface area (Å²) in [4.78, 5) is 21.6. The van der Waals surface area contributed by atoms with Gasteiger partial charge in [0.05, 0.1) is 19.4 Å². The molecule has 0 atom stereocenters. The fourth-order valence-electron chi connectivity index (χ4n) is 1.09. The predicted molar refractivity (Wildman–Crippen MR) is 60.5 cm³/mol. The molecule has 0 heterocycles. The summed E-state index contributed by atoms with van der Waals surface area (Å²) in [5, 5.41) is 21.7. The number of aliphatic carboxylic acids is 1. The van der Waals surface area contributed by atoms with E-state index in [2.05, 4.69) is 5.10 Å². The quantitative estimate of drug-likeness (QED) is 0.435. The summed E-state index contributed by atoms with van der Waals surface area (Å²) < 4.78 is 0. The fraction of sp³-hybridized carbons (Fsp3) is 0.182. The van der Waals surface area contributed by atoms with Crippen molar-refractivity contribution in [1.82, 2.24) is 5.01 Å². The van der Waals surface area contributed by atoms with Crippen molar-refractivity contribution in [3.63, 3.8) is 0 Å². The molecule has 0 saturated heterocycles. The molecule has 0 aliphatic carbocycles. The zero-order valence-corrected chi connectivity index (χ0v) is 8.98. The van der Waals surface area contributed by atoms with Gasteiger partial charge in [-0.05, 0) is 5.56 Å². The Kier molecular flexibility index (Phi) is 4.83. The Morgan fingerprint density at radius 2 is 1.94 bits per heavy atom. The maximum atomic E-state index is 11.2. The molecule has 17 heavy (non-hydrogen) atoms. The van der Waals surface area contributed by atoms with Crippen molar-refractivity contribution in [1.29, 1.82) is 0 Å². The number of benzene rings is 1. The second-order valence-corrected chi connectivity index (χ2v) is 3.11. The van der Waals surface area contributed by atoms with E-state index in [4.69, 9.17) is 10.2 Å². The molecule has 0 radical (unpaired) electrons. The Morgan fingerprint density at radius 3 is 2.47 bits per heavy atom. The summed E-state index contributed by atoms with van der Waals surface area (Å²) in [6, 6.07) is 8.91. The molecule has 0 aliphatic heterocycles. The molecule has 2 N–H and O–H groups in total. The number of hydrogen-bond acceptors (Lipinski definition) is 4. The van der Waals surface area contributed by atoms with Crippen LogP contribution in [0.25, 0.3) is 0 Å². The van der Waals surface area contributed by atoms with E-state index in [1.165, 1.54) is 6.21 Å². The van der Waals surface area contributed by atoms with Crippen molar-refractivity contribution in [3.8, 4) is 0 Å². The second-order valence-electron chi connectivity index (χ2n) is 3.11. The monoisotopic (exact) mass is 236 g/mol. The van der Waals surface area contributed by atoms with E-state index in [-0.39, 0.29) is 13.2 Å². The van der Waals surface area contributed by atoms with Crippen molar-refractivity contribution in [3.05, 3.63) is 35.9 Å². The van der Waals surface area contributed by atoms with Gasteiger partial charge in [0.25, 0.3) is 0 Å². The minimum atomic E-state index is -1.61. The van der Waals surface area contributed by atoms with Crippen LogP contribution in [0.4, 0.5) is 0 Å². The third-order valence-electron chi connectivity index (χ3n) is 1.87. The molecule has 6 nitrogen and oxygen atoms in total. The third-order valence-corrected chi connectivity index (χ3v) is 1.87. The lowest BCUT2D eigenvalue weighted by molar-refractivity contribution is -0.156. The number of amides is 1. The molecule has 1 aromatic carbocycles. The van der Waals surface area contributed by atoms with Crippen LogP contribution in [-0.2, 0) is 9.59 Å². The van der Waals surface area contributed by atoms with E-state index in [1.54, 1.807) is 24.3 Å². The van der Waals surface area contributed by atoms with Gasteiger partial charge in [0.1, 0.15) is 0 Å². The molecule has 0 spiro atoms. The number of aliphatic hydroxyl groups excluding tert-OH is 1. The molecular weight excluding hydrogens is 224 g/mol. The summed E-state index contributed by atoms with van der Waals surface area (Å²) in [6.45, 7) is -0.514. The first-order valence-electron chi connectivity index (χ1n) is 4.90. The van der Waals surface area contributed by atoms with Gasteiger partial charge in [-0.25, -0.2) is 9.80 Å². The summed E-state index contributed by atoms with van der Waals surface area (Å²) in [5.74, 6) is -2.78. The average Bonchev–Trinajstić information content (AvgIpc) is 2.34. The normalized spacial score (nSPS) is 10.4. The van der Waals surface area contributed by atoms with Gasteiger partial charge < -0.3 is 10.2 Å². The molecule has 0 saturated carbocycles. The van der Waals surface area contributed by atoms with E-state index in [9.17, 15) is 9.59 Å². The van der Waals surface area contributed by atoms with E-state index in [0.717, 1.165) is 5.56 Å². The number of rotatable bonds is 4. The third kappa shape index (κ3) is 4.04. The number of hydrazone groups is 1. The number of carbonyl (C=O) groups is 2. The summed E-state index contributed by atoms with van der Waals surface area (Å²) >= 11 is 0. The topological polar surface area (TPSA) is 90.2 Å². The van der Waals surface area contributed by atoms with Crippen LogP contribution < -0.4 is 0 Å². The fourth-order valence-corrected chi connectivity index (χ4v) is 1.09. The molecule has 1 amide bonds. The Labute approximate surface area is 97.8 Å². The molecule has 6 heteroatoms. The van der Waals surface area contributed by atoms with E-state index < -0.39 is 11.9 Å². The van der Waals surface area contributed by atoms with Gasteiger partial charge in [-0.3, -0.25) is 4.79 Å². The van der Waals surface area contributed by atoms with Crippen molar-refractivity contribution in [2.45, 2.75) is 0 Å². The number of nitrogens with zero attached hydrogens (tertiary/aromatic N) is 2. The highest BCUT2D eigenvalue weighted by molar-refractivity contribution is 6.31. The van der Waals surface area contributed by atoms with Crippen LogP contribution in [-0.4, -0.2) is 46.5 Å². The SMILES string of the molecule is O=C(O)C(=O)N(CCO)/N=C/c1ccccc1. The molecule has 0 aromatic heterocycles. The van der Waals surface area contributed by atoms with Gasteiger partial charge in [0.15, 0.2) is 0 Å². The highest BCUT2D eigenvalue weighted by atomic mass is 16.4. The Morgan fingerprint density at radius 1 is 1.29 bits per heavy atom. The van der Waals surface area contributed by atoms with Gasteiger partial charge in [0.2, 0.25) is 0 Å². The van der Waals surface area contributed by atoms with Crippen LogP contribution in [0.1, 0.15) is 5.56 Å². The maximum absolute atomic E-state index is 11.2. The summed E-state index contributed by atoms with van der Waals surface area (Å²) in [6.07, 6.45) is 1.36. The molecule has 90 valence electrons. The average molecular weight is 236 g/mol. The number of carbonyl (C=O) groups excluding carboxylic acids is 1. The molecule has 0 aliphatic rings.